The van der Waals surface area contributed by atoms with Crippen LogP contribution in [0, 0.1) is 5.41 Å². The maximum atomic E-state index is 17.2. The highest BCUT2D eigenvalue weighted by molar-refractivity contribution is 7.80. The van der Waals surface area contributed by atoms with Crippen LogP contribution in [0.15, 0.2) is 0 Å². The van der Waals surface area contributed by atoms with E-state index in [1.54, 1.807) is 97.0 Å². The molecule has 0 radical (unpaired) electrons. The van der Waals surface area contributed by atoms with Gasteiger partial charge in [-0.2, -0.15) is 12.6 Å². The van der Waals surface area contributed by atoms with E-state index in [0.29, 0.717) is 6.61 Å². The van der Waals surface area contributed by atoms with Gasteiger partial charge in [0.2, 0.25) is 0 Å². The number of benzene rings is 18. The van der Waals surface area contributed by atoms with Crippen LogP contribution in [-0.4, -0.2) is 30.9 Å². The van der Waals surface area contributed by atoms with Crippen molar-refractivity contribution in [1.82, 2.24) is 0 Å². The summed E-state index contributed by atoms with van der Waals surface area (Å²) >= 11 is 4.48. The van der Waals surface area contributed by atoms with Crippen LogP contribution in [0.25, 0.3) is 291 Å². The lowest BCUT2D eigenvalue weighted by molar-refractivity contribution is -0.166. The first kappa shape index (κ1) is 32.5. The first-order valence-corrected chi connectivity index (χ1v) is 30.0. The Hall–Kier alpha value is -8.25. The van der Waals surface area contributed by atoms with Gasteiger partial charge in [-0.15, -0.1) is 0 Å². The van der Waals surface area contributed by atoms with Crippen molar-refractivity contribution in [2.24, 2.45) is 5.41 Å². The second kappa shape index (κ2) is 7.83. The topological polar surface area (TPSA) is 52.6 Å². The summed E-state index contributed by atoms with van der Waals surface area (Å²) in [6.45, 7) is 2.46. The number of unbranched alkanes of at least 4 members (excludes halogenated alkanes) is 5. The number of ether oxygens (including phenoxy) is 2. The number of carbonyl (C=O) groups is 2. The van der Waals surface area contributed by atoms with Crippen molar-refractivity contribution < 1.29 is 19.1 Å². The molecule has 0 atom stereocenters. The molecule has 344 valence electrons. The zero-order valence-corrected chi connectivity index (χ0v) is 41.8. The Morgan fingerprint density at radius 3 is 0.654 bits per heavy atom. The molecule has 4 nitrogen and oxygen atoms in total. The highest BCUT2D eigenvalue weighted by Gasteiger charge is 3.01. The van der Waals surface area contributed by atoms with E-state index in [1.807, 2.05) is 6.92 Å². The predicted octanol–water partition coefficient (Wildman–Crippen LogP) is 18.7. The summed E-state index contributed by atoms with van der Waals surface area (Å²) in [4.78, 5) is 34.1. The van der Waals surface area contributed by atoms with Crippen LogP contribution >= 0.6 is 12.6 Å². The van der Waals surface area contributed by atoms with Crippen molar-refractivity contribution >= 4 is 315 Å². The average molecular weight is 995 g/mol. The Bertz CT molecular complexity index is 6890. The zero-order valence-electron chi connectivity index (χ0n) is 40.9. The molecular weight excluding hydrogens is 973 g/mol. The van der Waals surface area contributed by atoms with Crippen LogP contribution in [0.1, 0.15) is 67.7 Å². The smallest absolute Gasteiger partial charge is 0.326 e. The van der Waals surface area contributed by atoms with Gasteiger partial charge < -0.3 is 9.47 Å². The maximum Gasteiger partial charge on any atom is 0.326 e. The minimum atomic E-state index is -1.67. The Morgan fingerprint density at radius 2 is 0.449 bits per heavy atom. The molecular formula is C73H22O4S. The molecule has 28 aromatic rings. The molecule has 0 saturated heterocycles. The first-order chi connectivity index (χ1) is 38.7. The van der Waals surface area contributed by atoms with Gasteiger partial charge in [0.05, 0.1) is 24.0 Å². The minimum absolute atomic E-state index is 0.200. The Kier molecular flexibility index (Phi) is 3.26. The largest absolute Gasteiger partial charge is 0.465 e. The summed E-state index contributed by atoms with van der Waals surface area (Å²) < 4.78 is 13.8. The Morgan fingerprint density at radius 1 is 0.269 bits per heavy atom. The van der Waals surface area contributed by atoms with Crippen LogP contribution in [0.3, 0.4) is 0 Å². The van der Waals surface area contributed by atoms with E-state index >= 15 is 9.59 Å². The molecule has 78 heavy (non-hydrogen) atoms. The normalized spacial score (nSPS) is 22.9. The molecule has 0 unspecified atom stereocenters. The maximum absolute atomic E-state index is 17.2. The van der Waals surface area contributed by atoms with Gasteiger partial charge in [0.1, 0.15) is 0 Å². The molecule has 0 aromatic heterocycles. The molecule has 5 aliphatic carbocycles. The number of esters is 2. The van der Waals surface area contributed by atoms with Crippen LogP contribution in [0.4, 0.5) is 0 Å². The summed E-state index contributed by atoms with van der Waals surface area (Å²) in [5.41, 5.74) is 1.41. The molecule has 0 bridgehead atoms. The molecule has 1 saturated carbocycles. The number of rotatable bonds is 11. The predicted molar refractivity (Wildman–Crippen MR) is 325 cm³/mol. The van der Waals surface area contributed by atoms with E-state index in [-0.39, 0.29) is 18.5 Å². The van der Waals surface area contributed by atoms with Gasteiger partial charge in [0.15, 0.2) is 5.41 Å². The Balaban J connectivity index is 0.998. The van der Waals surface area contributed by atoms with E-state index in [2.05, 4.69) is 12.6 Å². The highest BCUT2D eigenvalue weighted by Crippen LogP contribution is 2.96. The van der Waals surface area contributed by atoms with Crippen LogP contribution in [-0.2, 0) is 29.9 Å². The molecule has 0 aliphatic heterocycles. The third-order valence-electron chi connectivity index (χ3n) is 27.0. The molecule has 2 spiro atoms. The quantitative estimate of drug-likeness (QED) is 0.0461. The third kappa shape index (κ3) is 1.83. The fourth-order valence-electron chi connectivity index (χ4n) is 26.7. The van der Waals surface area contributed by atoms with E-state index in [0.717, 1.165) is 37.9 Å². The van der Waals surface area contributed by atoms with Crippen molar-refractivity contribution in [3.63, 3.8) is 0 Å². The third-order valence-corrected chi connectivity index (χ3v) is 27.4. The average Bonchev–Trinajstić information content (AvgIpc) is 1.46. The highest BCUT2D eigenvalue weighted by atomic mass is 32.1. The second-order valence-electron chi connectivity index (χ2n) is 27.7. The van der Waals surface area contributed by atoms with Crippen LogP contribution in [0.5, 0.6) is 0 Å². The Labute approximate surface area is 434 Å². The molecule has 0 heterocycles. The molecule has 28 aromatic carbocycles. The lowest BCUT2D eigenvalue weighted by Gasteiger charge is -2.32. The summed E-state index contributed by atoms with van der Waals surface area (Å²) in [7, 11) is 0. The monoisotopic (exact) mass is 994 g/mol. The molecule has 33 rings (SSSR count). The summed E-state index contributed by atoms with van der Waals surface area (Å²) in [6, 6.07) is 0. The van der Waals surface area contributed by atoms with E-state index in [1.165, 1.54) is 223 Å². The number of hydrogen-bond donors (Lipinski definition) is 1. The van der Waals surface area contributed by atoms with Gasteiger partial charge >= 0.3 is 11.9 Å². The standard InChI is InChI=1S/C73H22O4S/c1-2-76-69(74)73(70(75)77-9-7-5-3-4-6-8-10-78)71-65-57-49-39-29-21-13-11-12-15-19-17(13)25-33-27(19)37-31-23(15)24-16(12)20-18-14(11)22(21)30-36-26(18)34-28(20)38-32(24)42-41(31)51-45(37)55-47(33)53(43(49)35(25)29)61(65)63(55)67-59(51)60-52(42)46(38)56-48(34)54-44(36)50(40(30)39)58(57)66(71)62(54)64(56)68(60)72(67,71)73/h78H,2-10H2,1H3. The molecule has 1 fully saturated rings. The van der Waals surface area contributed by atoms with Gasteiger partial charge in [-0.1, -0.05) is 25.7 Å². The summed E-state index contributed by atoms with van der Waals surface area (Å²) in [6.07, 6.45) is 6.33. The van der Waals surface area contributed by atoms with Crippen molar-refractivity contribution in [1.29, 1.82) is 0 Å². The SMILES string of the molecule is CCOC(=O)C1(C(=O)OCCCCCCCCS)C23c4c5c6c7c8c9c(c%10c%11c2c2c4c4c%12c5c5c6c6c8c8c%13c9c9c%10c%10c%11c%11c2c2c4c4c%12c%12c5c5c6c8c6c8c%13c9c9c%10c%10c%11c2c2c4c4c%12c5c6c5c8c9c%10c2c45)C713. The van der Waals surface area contributed by atoms with Gasteiger partial charge in [-0.25, -0.2) is 0 Å². The van der Waals surface area contributed by atoms with Crippen molar-refractivity contribution in [3.05, 3.63) is 22.3 Å². The van der Waals surface area contributed by atoms with E-state index in [9.17, 15) is 0 Å². The summed E-state index contributed by atoms with van der Waals surface area (Å²) in [5, 5.41) is 80.6. The summed E-state index contributed by atoms with van der Waals surface area (Å²) in [5.74, 6) is 0.212. The number of hydrogen-bond acceptors (Lipinski definition) is 5. The van der Waals surface area contributed by atoms with Gasteiger partial charge in [0, 0.05) is 0 Å². The van der Waals surface area contributed by atoms with Crippen molar-refractivity contribution in [2.75, 3.05) is 19.0 Å². The lowest BCUT2D eigenvalue weighted by atomic mass is 9.68. The number of thiol groups is 1. The second-order valence-corrected chi connectivity index (χ2v) is 28.1. The lowest BCUT2D eigenvalue weighted by Crippen LogP contribution is -2.38. The van der Waals surface area contributed by atoms with Crippen LogP contribution in [0.2, 0.25) is 0 Å². The van der Waals surface area contributed by atoms with E-state index in [4.69, 9.17) is 9.47 Å². The first-order valence-electron chi connectivity index (χ1n) is 29.4. The van der Waals surface area contributed by atoms with Crippen LogP contribution < -0.4 is 0 Å². The van der Waals surface area contributed by atoms with Gasteiger partial charge in [-0.05, 0) is 339 Å². The molecule has 5 heteroatoms. The van der Waals surface area contributed by atoms with Gasteiger partial charge in [-0.3, -0.25) is 9.59 Å². The van der Waals surface area contributed by atoms with Crippen molar-refractivity contribution in [3.8, 4) is 0 Å². The fourth-order valence-corrected chi connectivity index (χ4v) is 26.9. The van der Waals surface area contributed by atoms with Gasteiger partial charge in [0.25, 0.3) is 0 Å². The molecule has 5 aliphatic rings. The fraction of sp³-hybridized carbons (Fsp3) is 0.178. The van der Waals surface area contributed by atoms with E-state index < -0.39 is 16.2 Å². The minimum Gasteiger partial charge on any atom is -0.465 e. The number of carbonyl (C=O) groups excluding carboxylic acids is 2. The molecule has 0 N–H and O–H groups in total. The molecule has 0 amide bonds. The van der Waals surface area contributed by atoms with Crippen molar-refractivity contribution in [2.45, 2.75) is 56.3 Å². The zero-order chi connectivity index (χ0) is 47.9.